The fraction of sp³-hybridized carbons (Fsp3) is 0.182. The molecule has 0 aliphatic heterocycles. The number of aryl methyl sites for hydroxylation is 2. The summed E-state index contributed by atoms with van der Waals surface area (Å²) in [6.45, 7) is 2.55. The van der Waals surface area contributed by atoms with Crippen LogP contribution >= 0.6 is 0 Å². The average Bonchev–Trinajstić information content (AvgIpc) is 3.04. The predicted molar refractivity (Wildman–Crippen MR) is 110 cm³/mol. The van der Waals surface area contributed by atoms with Crippen molar-refractivity contribution in [3.63, 3.8) is 0 Å². The Balaban J connectivity index is 1.96. The van der Waals surface area contributed by atoms with E-state index >= 15 is 0 Å². The van der Waals surface area contributed by atoms with Gasteiger partial charge in [-0.2, -0.15) is 0 Å². The lowest BCUT2D eigenvalue weighted by atomic mass is 10.2. The number of rotatable bonds is 4. The van der Waals surface area contributed by atoms with Crippen molar-refractivity contribution in [1.29, 1.82) is 0 Å². The van der Waals surface area contributed by atoms with Crippen molar-refractivity contribution in [1.82, 2.24) is 14.1 Å². The standard InChI is InChI=1S/C22H22N4O/c1-15-11-17(14-25(3)22(15)27)21-24-19-10-9-18(23-2)12-20(19)26(21)13-16-7-5-4-6-8-16/h4-12,14,23H,13H2,1-3H3. The first kappa shape index (κ1) is 17.1. The molecule has 2 heterocycles. The Bertz CT molecular complexity index is 1150. The van der Waals surface area contributed by atoms with E-state index in [0.29, 0.717) is 12.1 Å². The molecule has 5 nitrogen and oxygen atoms in total. The molecule has 0 bridgehead atoms. The van der Waals surface area contributed by atoms with Crippen molar-refractivity contribution < 1.29 is 0 Å². The van der Waals surface area contributed by atoms with E-state index in [4.69, 9.17) is 4.98 Å². The molecule has 0 aliphatic carbocycles. The van der Waals surface area contributed by atoms with Crippen molar-refractivity contribution in [2.45, 2.75) is 13.5 Å². The Morgan fingerprint density at radius 1 is 1.07 bits per heavy atom. The number of benzene rings is 2. The Morgan fingerprint density at radius 2 is 1.85 bits per heavy atom. The van der Waals surface area contributed by atoms with Gasteiger partial charge >= 0.3 is 0 Å². The van der Waals surface area contributed by atoms with Gasteiger partial charge in [-0.15, -0.1) is 0 Å². The molecular formula is C22H22N4O. The molecule has 4 aromatic rings. The highest BCUT2D eigenvalue weighted by Crippen LogP contribution is 2.28. The minimum absolute atomic E-state index is 0.0157. The van der Waals surface area contributed by atoms with Crippen LogP contribution in [-0.4, -0.2) is 21.2 Å². The van der Waals surface area contributed by atoms with Gasteiger partial charge < -0.3 is 14.5 Å². The molecule has 2 aromatic heterocycles. The summed E-state index contributed by atoms with van der Waals surface area (Å²) in [6, 6.07) is 18.4. The molecular weight excluding hydrogens is 336 g/mol. The molecule has 27 heavy (non-hydrogen) atoms. The first-order valence-electron chi connectivity index (χ1n) is 8.96. The minimum Gasteiger partial charge on any atom is -0.388 e. The van der Waals surface area contributed by atoms with Gasteiger partial charge in [0.1, 0.15) is 5.82 Å². The lowest BCUT2D eigenvalue weighted by molar-refractivity contribution is 0.819. The molecule has 4 rings (SSSR count). The third-order valence-electron chi connectivity index (χ3n) is 4.84. The molecule has 0 aliphatic rings. The summed E-state index contributed by atoms with van der Waals surface area (Å²) >= 11 is 0. The topological polar surface area (TPSA) is 51.9 Å². The summed E-state index contributed by atoms with van der Waals surface area (Å²) in [5, 5.41) is 3.20. The number of anilines is 1. The van der Waals surface area contributed by atoms with Gasteiger partial charge in [0.05, 0.1) is 11.0 Å². The number of hydrogen-bond donors (Lipinski definition) is 1. The smallest absolute Gasteiger partial charge is 0.253 e. The van der Waals surface area contributed by atoms with Crippen molar-refractivity contribution >= 4 is 16.7 Å². The molecule has 2 aromatic carbocycles. The molecule has 0 spiro atoms. The van der Waals surface area contributed by atoms with Gasteiger partial charge in [-0.1, -0.05) is 30.3 Å². The number of pyridine rings is 1. The minimum atomic E-state index is 0.0157. The maximum Gasteiger partial charge on any atom is 0.253 e. The molecule has 0 saturated carbocycles. The number of nitrogens with zero attached hydrogens (tertiary/aromatic N) is 3. The molecule has 136 valence electrons. The number of aromatic nitrogens is 3. The lowest BCUT2D eigenvalue weighted by Gasteiger charge is -2.11. The van der Waals surface area contributed by atoms with E-state index in [0.717, 1.165) is 28.1 Å². The zero-order valence-corrected chi connectivity index (χ0v) is 15.7. The molecule has 0 atom stereocenters. The molecule has 0 radical (unpaired) electrons. The van der Waals surface area contributed by atoms with Crippen LogP contribution in [0, 0.1) is 6.92 Å². The SMILES string of the molecule is CNc1ccc2nc(-c3cc(C)c(=O)n(C)c3)n(Cc3ccccc3)c2c1. The summed E-state index contributed by atoms with van der Waals surface area (Å²) in [7, 11) is 3.69. The first-order chi connectivity index (χ1) is 13.1. The van der Waals surface area contributed by atoms with E-state index < -0.39 is 0 Å². The Morgan fingerprint density at radius 3 is 2.56 bits per heavy atom. The van der Waals surface area contributed by atoms with Crippen molar-refractivity contribution in [2.24, 2.45) is 7.05 Å². The van der Waals surface area contributed by atoms with Gasteiger partial charge in [0, 0.05) is 43.7 Å². The molecule has 1 N–H and O–H groups in total. The van der Waals surface area contributed by atoms with Crippen molar-refractivity contribution in [2.75, 3.05) is 12.4 Å². The average molecular weight is 358 g/mol. The normalized spacial score (nSPS) is 11.1. The van der Waals surface area contributed by atoms with Gasteiger partial charge in [0.25, 0.3) is 5.56 Å². The fourth-order valence-corrected chi connectivity index (χ4v) is 3.42. The summed E-state index contributed by atoms with van der Waals surface area (Å²) in [5.74, 6) is 0.862. The fourth-order valence-electron chi connectivity index (χ4n) is 3.42. The maximum absolute atomic E-state index is 12.1. The van der Waals surface area contributed by atoms with E-state index in [1.54, 1.807) is 11.6 Å². The highest BCUT2D eigenvalue weighted by Gasteiger charge is 2.15. The molecule has 0 saturated heterocycles. The van der Waals surface area contributed by atoms with Crippen LogP contribution in [0.5, 0.6) is 0 Å². The van der Waals surface area contributed by atoms with E-state index in [2.05, 4.69) is 28.1 Å². The van der Waals surface area contributed by atoms with Crippen molar-refractivity contribution in [3.8, 4) is 11.4 Å². The largest absolute Gasteiger partial charge is 0.388 e. The van der Waals surface area contributed by atoms with Crippen LogP contribution in [0.4, 0.5) is 5.69 Å². The molecule has 0 amide bonds. The van der Waals surface area contributed by atoms with Crippen LogP contribution in [-0.2, 0) is 13.6 Å². The third-order valence-corrected chi connectivity index (χ3v) is 4.84. The summed E-state index contributed by atoms with van der Waals surface area (Å²) in [5.41, 5.74) is 5.91. The van der Waals surface area contributed by atoms with Gasteiger partial charge in [-0.05, 0) is 36.8 Å². The Kier molecular flexibility index (Phi) is 4.28. The number of hydrogen-bond acceptors (Lipinski definition) is 3. The van der Waals surface area contributed by atoms with E-state index in [9.17, 15) is 4.79 Å². The molecule has 0 unspecified atom stereocenters. The van der Waals surface area contributed by atoms with E-state index in [1.165, 1.54) is 5.56 Å². The van der Waals surface area contributed by atoms with Gasteiger partial charge in [-0.3, -0.25) is 4.79 Å². The van der Waals surface area contributed by atoms with Crippen LogP contribution in [0.15, 0.2) is 65.6 Å². The third kappa shape index (κ3) is 3.12. The van der Waals surface area contributed by atoms with Crippen LogP contribution in [0.1, 0.15) is 11.1 Å². The lowest BCUT2D eigenvalue weighted by Crippen LogP contribution is -2.18. The zero-order chi connectivity index (χ0) is 19.0. The van der Waals surface area contributed by atoms with Crippen LogP contribution in [0.3, 0.4) is 0 Å². The number of fused-ring (bicyclic) bond motifs is 1. The van der Waals surface area contributed by atoms with Crippen LogP contribution in [0.25, 0.3) is 22.4 Å². The van der Waals surface area contributed by atoms with Gasteiger partial charge in [-0.25, -0.2) is 4.98 Å². The number of imidazole rings is 1. The molecule has 0 fully saturated rings. The number of nitrogens with one attached hydrogen (secondary N) is 1. The summed E-state index contributed by atoms with van der Waals surface area (Å²) in [6.07, 6.45) is 1.86. The maximum atomic E-state index is 12.1. The second-order valence-corrected chi connectivity index (χ2v) is 6.79. The molecule has 5 heteroatoms. The highest BCUT2D eigenvalue weighted by molar-refractivity contribution is 5.84. The second kappa shape index (κ2) is 6.76. The summed E-state index contributed by atoms with van der Waals surface area (Å²) in [4.78, 5) is 17.0. The highest BCUT2D eigenvalue weighted by atomic mass is 16.1. The summed E-state index contributed by atoms with van der Waals surface area (Å²) < 4.78 is 3.83. The van der Waals surface area contributed by atoms with Crippen LogP contribution < -0.4 is 10.9 Å². The van der Waals surface area contributed by atoms with E-state index in [1.807, 2.05) is 56.6 Å². The Labute approximate surface area is 157 Å². The van der Waals surface area contributed by atoms with Crippen LogP contribution in [0.2, 0.25) is 0 Å². The monoisotopic (exact) mass is 358 g/mol. The second-order valence-electron chi connectivity index (χ2n) is 6.79. The quantitative estimate of drug-likeness (QED) is 0.604. The van der Waals surface area contributed by atoms with E-state index in [-0.39, 0.29) is 5.56 Å². The zero-order valence-electron chi connectivity index (χ0n) is 15.7. The van der Waals surface area contributed by atoms with Gasteiger partial charge in [0.15, 0.2) is 0 Å². The first-order valence-corrected chi connectivity index (χ1v) is 8.96. The van der Waals surface area contributed by atoms with Gasteiger partial charge in [0.2, 0.25) is 0 Å². The van der Waals surface area contributed by atoms with Crippen molar-refractivity contribution in [3.05, 3.63) is 82.3 Å². The Hall–Kier alpha value is -3.34. The predicted octanol–water partition coefficient (Wildman–Crippen LogP) is 3.80.